The van der Waals surface area contributed by atoms with Gasteiger partial charge in [-0.2, -0.15) is 0 Å². The molecule has 21 heavy (non-hydrogen) atoms. The Kier molecular flexibility index (Phi) is 3.43. The van der Waals surface area contributed by atoms with Gasteiger partial charge in [0.15, 0.2) is 0 Å². The van der Waals surface area contributed by atoms with Gasteiger partial charge >= 0.3 is 7.12 Å². The number of aromatic nitrogens is 2. The fourth-order valence-electron chi connectivity index (χ4n) is 2.19. The molecule has 3 rings (SSSR count). The minimum atomic E-state index is -0.349. The average molecular weight is 302 g/mol. The second-order valence-corrected chi connectivity index (χ2v) is 7.33. The Bertz CT molecular complexity index is 639. The van der Waals surface area contributed by atoms with Gasteiger partial charge in [-0.1, -0.05) is 0 Å². The van der Waals surface area contributed by atoms with E-state index < -0.39 is 0 Å². The van der Waals surface area contributed by atoms with Gasteiger partial charge in [0.05, 0.1) is 16.0 Å². The van der Waals surface area contributed by atoms with Gasteiger partial charge in [-0.15, -0.1) is 11.3 Å². The van der Waals surface area contributed by atoms with Crippen molar-refractivity contribution in [1.29, 1.82) is 0 Å². The molecule has 0 aromatic carbocycles. The molecule has 1 aliphatic heterocycles. The van der Waals surface area contributed by atoms with Crippen molar-refractivity contribution in [3.63, 3.8) is 0 Å². The molecule has 0 atom stereocenters. The molecule has 1 aliphatic rings. The van der Waals surface area contributed by atoms with E-state index in [-0.39, 0.29) is 18.3 Å². The molecule has 0 amide bonds. The van der Waals surface area contributed by atoms with Crippen LogP contribution in [0, 0.1) is 6.92 Å². The van der Waals surface area contributed by atoms with E-state index in [1.54, 1.807) is 17.5 Å². The molecule has 0 spiro atoms. The number of hydrogen-bond acceptors (Lipinski definition) is 5. The van der Waals surface area contributed by atoms with Crippen molar-refractivity contribution < 1.29 is 9.31 Å². The zero-order chi connectivity index (χ0) is 15.3. The first-order valence-electron chi connectivity index (χ1n) is 7.03. The Morgan fingerprint density at radius 2 is 1.81 bits per heavy atom. The molecule has 0 bridgehead atoms. The summed E-state index contributed by atoms with van der Waals surface area (Å²) in [4.78, 5) is 8.79. The van der Waals surface area contributed by atoms with Crippen molar-refractivity contribution in [2.24, 2.45) is 0 Å². The summed E-state index contributed by atoms with van der Waals surface area (Å²) in [6.45, 7) is 10.2. The van der Waals surface area contributed by atoms with E-state index in [2.05, 4.69) is 37.7 Å². The van der Waals surface area contributed by atoms with Crippen molar-refractivity contribution in [2.75, 3.05) is 0 Å². The van der Waals surface area contributed by atoms with Crippen LogP contribution in [-0.4, -0.2) is 28.3 Å². The van der Waals surface area contributed by atoms with E-state index in [1.807, 2.05) is 25.3 Å². The van der Waals surface area contributed by atoms with Crippen LogP contribution in [0.3, 0.4) is 0 Å². The summed E-state index contributed by atoms with van der Waals surface area (Å²) >= 11 is 1.61. The van der Waals surface area contributed by atoms with Gasteiger partial charge in [0.1, 0.15) is 5.01 Å². The van der Waals surface area contributed by atoms with Crippen molar-refractivity contribution in [1.82, 2.24) is 9.97 Å². The molecule has 110 valence electrons. The van der Waals surface area contributed by atoms with Gasteiger partial charge in [-0.25, -0.2) is 4.98 Å². The number of aryl methyl sites for hydroxylation is 1. The van der Waals surface area contributed by atoms with Crippen molar-refractivity contribution in [3.05, 3.63) is 30.2 Å². The highest BCUT2D eigenvalue weighted by atomic mass is 32.1. The first-order valence-corrected chi connectivity index (χ1v) is 7.85. The molecule has 0 aliphatic carbocycles. The van der Waals surface area contributed by atoms with E-state index in [0.29, 0.717) is 0 Å². The summed E-state index contributed by atoms with van der Waals surface area (Å²) in [5, 5.41) is 0.949. The summed E-state index contributed by atoms with van der Waals surface area (Å²) in [7, 11) is -0.349. The standard InChI is InChI=1S/C15H19BN2O2S/c1-10-12(16-19-14(2,3)15(4,5)20-16)21-13(18-10)11-7-6-8-17-9-11/h6-9H,1-5H3. The van der Waals surface area contributed by atoms with Crippen LogP contribution in [0.5, 0.6) is 0 Å². The highest BCUT2D eigenvalue weighted by Crippen LogP contribution is 2.37. The maximum absolute atomic E-state index is 6.11. The molecule has 0 radical (unpaired) electrons. The smallest absolute Gasteiger partial charge is 0.399 e. The SMILES string of the molecule is Cc1nc(-c2cccnc2)sc1B1OC(C)(C)C(C)(C)O1. The van der Waals surface area contributed by atoms with Crippen LogP contribution >= 0.6 is 11.3 Å². The average Bonchev–Trinajstić information content (AvgIpc) is 2.89. The summed E-state index contributed by atoms with van der Waals surface area (Å²) in [6, 6.07) is 3.93. The second kappa shape index (κ2) is 4.90. The third-order valence-electron chi connectivity index (χ3n) is 4.21. The molecule has 4 nitrogen and oxygen atoms in total. The third-order valence-corrected chi connectivity index (χ3v) is 5.44. The molecular weight excluding hydrogens is 283 g/mol. The Hall–Kier alpha value is -1.24. The van der Waals surface area contributed by atoms with Crippen LogP contribution in [-0.2, 0) is 9.31 Å². The Morgan fingerprint density at radius 1 is 1.14 bits per heavy atom. The topological polar surface area (TPSA) is 44.2 Å². The number of rotatable bonds is 2. The van der Waals surface area contributed by atoms with Crippen LogP contribution in [0.4, 0.5) is 0 Å². The number of nitrogens with zero attached hydrogens (tertiary/aromatic N) is 2. The van der Waals surface area contributed by atoms with E-state index in [9.17, 15) is 0 Å². The van der Waals surface area contributed by atoms with Crippen LogP contribution < -0.4 is 4.78 Å². The fourth-order valence-corrected chi connectivity index (χ4v) is 3.21. The molecule has 0 saturated carbocycles. The van der Waals surface area contributed by atoms with Crippen LogP contribution in [0.1, 0.15) is 33.4 Å². The summed E-state index contributed by atoms with van der Waals surface area (Å²) in [5.41, 5.74) is 1.32. The molecular formula is C15H19BN2O2S. The number of pyridine rings is 1. The largest absolute Gasteiger partial charge is 0.507 e. The molecule has 1 saturated heterocycles. The Labute approximate surface area is 129 Å². The summed E-state index contributed by atoms with van der Waals surface area (Å²) < 4.78 is 13.3. The van der Waals surface area contributed by atoms with Crippen LogP contribution in [0.15, 0.2) is 24.5 Å². The normalized spacial score (nSPS) is 20.0. The molecule has 6 heteroatoms. The first-order chi connectivity index (χ1) is 9.80. The lowest BCUT2D eigenvalue weighted by atomic mass is 9.86. The second-order valence-electron chi connectivity index (χ2n) is 6.30. The zero-order valence-corrected chi connectivity index (χ0v) is 13.8. The van der Waals surface area contributed by atoms with Crippen molar-refractivity contribution >= 4 is 23.2 Å². The van der Waals surface area contributed by atoms with Crippen LogP contribution in [0.25, 0.3) is 10.6 Å². The summed E-state index contributed by atoms with van der Waals surface area (Å²) in [6.07, 6.45) is 3.59. The highest BCUT2D eigenvalue weighted by molar-refractivity contribution is 7.25. The maximum Gasteiger partial charge on any atom is 0.507 e. The lowest BCUT2D eigenvalue weighted by Crippen LogP contribution is -2.41. The molecule has 1 fully saturated rings. The zero-order valence-electron chi connectivity index (χ0n) is 13.0. The Morgan fingerprint density at radius 3 is 2.38 bits per heavy atom. The minimum Gasteiger partial charge on any atom is -0.399 e. The fraction of sp³-hybridized carbons (Fsp3) is 0.467. The highest BCUT2D eigenvalue weighted by Gasteiger charge is 2.52. The first kappa shape index (κ1) is 14.7. The van der Waals surface area contributed by atoms with Gasteiger partial charge in [0.25, 0.3) is 0 Å². The lowest BCUT2D eigenvalue weighted by Gasteiger charge is -2.32. The molecule has 2 aromatic rings. The van der Waals surface area contributed by atoms with Gasteiger partial charge in [-0.3, -0.25) is 4.98 Å². The van der Waals surface area contributed by atoms with E-state index in [0.717, 1.165) is 21.0 Å². The monoisotopic (exact) mass is 302 g/mol. The molecule has 2 aromatic heterocycles. The van der Waals surface area contributed by atoms with Gasteiger partial charge in [0, 0.05) is 23.7 Å². The maximum atomic E-state index is 6.11. The minimum absolute atomic E-state index is 0.331. The third kappa shape index (κ3) is 2.52. The molecule has 0 unspecified atom stereocenters. The quantitative estimate of drug-likeness (QED) is 0.800. The number of thiazole rings is 1. The molecule has 0 N–H and O–H groups in total. The number of hydrogen-bond donors (Lipinski definition) is 0. The predicted octanol–water partition coefficient (Wildman–Crippen LogP) is 2.81. The van der Waals surface area contributed by atoms with Crippen LogP contribution in [0.2, 0.25) is 0 Å². The summed E-state index contributed by atoms with van der Waals surface area (Å²) in [5.74, 6) is 0. The predicted molar refractivity (Wildman–Crippen MR) is 85.8 cm³/mol. The van der Waals surface area contributed by atoms with Gasteiger partial charge in [0.2, 0.25) is 0 Å². The molecule has 3 heterocycles. The van der Waals surface area contributed by atoms with Crippen molar-refractivity contribution in [2.45, 2.75) is 45.8 Å². The Balaban J connectivity index is 1.93. The van der Waals surface area contributed by atoms with Crippen molar-refractivity contribution in [3.8, 4) is 10.6 Å². The van der Waals surface area contributed by atoms with E-state index in [1.165, 1.54) is 0 Å². The van der Waals surface area contributed by atoms with Gasteiger partial charge < -0.3 is 9.31 Å². The van der Waals surface area contributed by atoms with E-state index in [4.69, 9.17) is 9.31 Å². The van der Waals surface area contributed by atoms with E-state index >= 15 is 0 Å². The van der Waals surface area contributed by atoms with Gasteiger partial charge in [-0.05, 0) is 46.8 Å². The lowest BCUT2D eigenvalue weighted by molar-refractivity contribution is 0.00578.